The van der Waals surface area contributed by atoms with Crippen LogP contribution in [-0.2, 0) is 16.6 Å². The second kappa shape index (κ2) is 6.55. The number of nitrogen functional groups attached to an aromatic ring is 1. The molecule has 0 unspecified atom stereocenters. The largest absolute Gasteiger partial charge is 0.399 e. The molecule has 0 aliphatic rings. The molecule has 0 saturated heterocycles. The highest BCUT2D eigenvalue weighted by atomic mass is 79.9. The molecule has 1 aromatic heterocycles. The summed E-state index contributed by atoms with van der Waals surface area (Å²) in [6, 6.07) is 8.29. The molecule has 0 saturated carbocycles. The van der Waals surface area contributed by atoms with Crippen molar-refractivity contribution >= 4 is 31.6 Å². The van der Waals surface area contributed by atoms with E-state index in [2.05, 4.69) is 20.9 Å². The summed E-state index contributed by atoms with van der Waals surface area (Å²) in [4.78, 5) is 4.15. The van der Waals surface area contributed by atoms with Gasteiger partial charge in [-0.05, 0) is 51.8 Å². The van der Waals surface area contributed by atoms with Crippen LogP contribution < -0.4 is 5.73 Å². The zero-order valence-electron chi connectivity index (χ0n) is 11.5. The van der Waals surface area contributed by atoms with Crippen LogP contribution in [0.4, 0.5) is 5.69 Å². The molecule has 0 aliphatic heterocycles. The Balaban J connectivity index is 2.36. The fraction of sp³-hybridized carbons (Fsp3) is 0.214. The average Bonchev–Trinajstić information content (AvgIpc) is 2.45. The number of rotatable bonds is 5. The number of sulfonamides is 1. The molecule has 7 heteroatoms. The van der Waals surface area contributed by atoms with Crippen molar-refractivity contribution in [2.45, 2.75) is 18.4 Å². The number of halogens is 1. The SMILES string of the molecule is CCN(Cc1ccncc1)S(=O)(=O)c1ccc(N)cc1Br. The van der Waals surface area contributed by atoms with Crippen LogP contribution in [0.2, 0.25) is 0 Å². The lowest BCUT2D eigenvalue weighted by molar-refractivity contribution is 0.423. The van der Waals surface area contributed by atoms with Gasteiger partial charge in [0.2, 0.25) is 10.0 Å². The molecule has 21 heavy (non-hydrogen) atoms. The number of pyridine rings is 1. The van der Waals surface area contributed by atoms with E-state index in [1.165, 1.54) is 10.4 Å². The van der Waals surface area contributed by atoms with Gasteiger partial charge in [-0.1, -0.05) is 6.92 Å². The minimum Gasteiger partial charge on any atom is -0.399 e. The summed E-state index contributed by atoms with van der Waals surface area (Å²) in [5.74, 6) is 0. The molecule has 0 radical (unpaired) electrons. The van der Waals surface area contributed by atoms with Gasteiger partial charge in [-0.2, -0.15) is 4.31 Å². The Morgan fingerprint density at radius 2 is 1.90 bits per heavy atom. The lowest BCUT2D eigenvalue weighted by atomic mass is 10.3. The number of nitrogens with two attached hydrogens (primary N) is 1. The third-order valence-corrected chi connectivity index (χ3v) is 5.93. The van der Waals surface area contributed by atoms with Crippen LogP contribution in [0.5, 0.6) is 0 Å². The maximum absolute atomic E-state index is 12.7. The molecule has 0 atom stereocenters. The molecule has 1 heterocycles. The van der Waals surface area contributed by atoms with Gasteiger partial charge in [-0.3, -0.25) is 4.98 Å². The number of nitrogens with zero attached hydrogens (tertiary/aromatic N) is 2. The molecule has 2 rings (SSSR count). The van der Waals surface area contributed by atoms with Crippen molar-refractivity contribution in [3.8, 4) is 0 Å². The van der Waals surface area contributed by atoms with Crippen molar-refractivity contribution in [2.75, 3.05) is 12.3 Å². The van der Waals surface area contributed by atoms with Crippen molar-refractivity contribution in [1.29, 1.82) is 0 Å². The van der Waals surface area contributed by atoms with Gasteiger partial charge < -0.3 is 5.73 Å². The molecule has 0 aliphatic carbocycles. The van der Waals surface area contributed by atoms with Crippen LogP contribution >= 0.6 is 15.9 Å². The maximum atomic E-state index is 12.7. The first-order chi connectivity index (χ1) is 9.95. The molecule has 2 N–H and O–H groups in total. The van der Waals surface area contributed by atoms with Gasteiger partial charge in [0, 0.05) is 35.6 Å². The van der Waals surface area contributed by atoms with Gasteiger partial charge in [0.05, 0.1) is 4.90 Å². The van der Waals surface area contributed by atoms with Gasteiger partial charge in [0.25, 0.3) is 0 Å². The average molecular weight is 370 g/mol. The van der Waals surface area contributed by atoms with E-state index < -0.39 is 10.0 Å². The quantitative estimate of drug-likeness (QED) is 0.821. The molecule has 112 valence electrons. The van der Waals surface area contributed by atoms with E-state index in [1.807, 2.05) is 6.92 Å². The standard InChI is InChI=1S/C14H16BrN3O2S/c1-2-18(10-11-5-7-17-8-6-11)21(19,20)14-4-3-12(16)9-13(14)15/h3-9H,2,10,16H2,1H3. The second-order valence-electron chi connectivity index (χ2n) is 4.48. The minimum absolute atomic E-state index is 0.215. The number of aromatic nitrogens is 1. The second-order valence-corrected chi connectivity index (χ2v) is 7.24. The maximum Gasteiger partial charge on any atom is 0.244 e. The summed E-state index contributed by atoms with van der Waals surface area (Å²) in [7, 11) is -3.59. The molecule has 0 spiro atoms. The molecule has 1 aromatic carbocycles. The van der Waals surface area contributed by atoms with E-state index in [0.717, 1.165) is 5.56 Å². The van der Waals surface area contributed by atoms with E-state index in [4.69, 9.17) is 5.73 Å². The summed E-state index contributed by atoms with van der Waals surface area (Å²) in [5.41, 5.74) is 7.06. The van der Waals surface area contributed by atoms with E-state index >= 15 is 0 Å². The van der Waals surface area contributed by atoms with E-state index in [1.54, 1.807) is 36.7 Å². The predicted molar refractivity (Wildman–Crippen MR) is 86.1 cm³/mol. The first kappa shape index (κ1) is 15.9. The van der Waals surface area contributed by atoms with Crippen molar-refractivity contribution < 1.29 is 8.42 Å². The van der Waals surface area contributed by atoms with Crippen molar-refractivity contribution in [1.82, 2.24) is 9.29 Å². The minimum atomic E-state index is -3.59. The van der Waals surface area contributed by atoms with Crippen LogP contribution in [0.3, 0.4) is 0 Å². The lowest BCUT2D eigenvalue weighted by Crippen LogP contribution is -2.30. The molecular weight excluding hydrogens is 354 g/mol. The Labute approximate surface area is 133 Å². The van der Waals surface area contributed by atoms with Crippen molar-refractivity contribution in [3.05, 3.63) is 52.8 Å². The summed E-state index contributed by atoms with van der Waals surface area (Å²) in [6.45, 7) is 2.49. The summed E-state index contributed by atoms with van der Waals surface area (Å²) in [6.07, 6.45) is 3.30. The first-order valence-corrected chi connectivity index (χ1v) is 8.62. The molecule has 0 amide bonds. The highest BCUT2D eigenvalue weighted by molar-refractivity contribution is 9.10. The van der Waals surface area contributed by atoms with E-state index in [9.17, 15) is 8.42 Å². The molecule has 2 aromatic rings. The fourth-order valence-electron chi connectivity index (χ4n) is 1.92. The monoisotopic (exact) mass is 369 g/mol. The fourth-order valence-corrected chi connectivity index (χ4v) is 4.42. The zero-order chi connectivity index (χ0) is 15.5. The smallest absolute Gasteiger partial charge is 0.244 e. The van der Waals surface area contributed by atoms with Crippen LogP contribution in [0, 0.1) is 0 Å². The normalized spacial score (nSPS) is 11.8. The van der Waals surface area contributed by atoms with Gasteiger partial charge >= 0.3 is 0 Å². The van der Waals surface area contributed by atoms with Crippen LogP contribution in [0.15, 0.2) is 52.1 Å². The zero-order valence-corrected chi connectivity index (χ0v) is 13.9. The Morgan fingerprint density at radius 1 is 1.24 bits per heavy atom. The molecule has 0 bridgehead atoms. The lowest BCUT2D eigenvalue weighted by Gasteiger charge is -2.21. The third-order valence-electron chi connectivity index (χ3n) is 3.03. The predicted octanol–water partition coefficient (Wildman–Crippen LogP) is 2.64. The van der Waals surface area contributed by atoms with E-state index in [0.29, 0.717) is 23.2 Å². The van der Waals surface area contributed by atoms with Crippen molar-refractivity contribution in [2.24, 2.45) is 0 Å². The van der Waals surface area contributed by atoms with Gasteiger partial charge in [0.15, 0.2) is 0 Å². The van der Waals surface area contributed by atoms with Crippen molar-refractivity contribution in [3.63, 3.8) is 0 Å². The molecule has 5 nitrogen and oxygen atoms in total. The number of hydrogen-bond donors (Lipinski definition) is 1. The van der Waals surface area contributed by atoms with E-state index in [-0.39, 0.29) is 4.90 Å². The third kappa shape index (κ3) is 3.61. The van der Waals surface area contributed by atoms with Crippen LogP contribution in [0.25, 0.3) is 0 Å². The molecule has 0 fully saturated rings. The highest BCUT2D eigenvalue weighted by Gasteiger charge is 2.25. The Kier molecular flexibility index (Phi) is 4.97. The Morgan fingerprint density at radius 3 is 2.48 bits per heavy atom. The molecular formula is C14H16BrN3O2S. The summed E-state index contributed by atoms with van der Waals surface area (Å²) < 4.78 is 27.4. The number of anilines is 1. The summed E-state index contributed by atoms with van der Waals surface area (Å²) in [5, 5.41) is 0. The number of hydrogen-bond acceptors (Lipinski definition) is 4. The highest BCUT2D eigenvalue weighted by Crippen LogP contribution is 2.27. The van der Waals surface area contributed by atoms with Gasteiger partial charge in [-0.15, -0.1) is 0 Å². The van der Waals surface area contributed by atoms with Gasteiger partial charge in [0.1, 0.15) is 0 Å². The first-order valence-electron chi connectivity index (χ1n) is 6.39. The number of benzene rings is 1. The van der Waals surface area contributed by atoms with Crippen LogP contribution in [0.1, 0.15) is 12.5 Å². The van der Waals surface area contributed by atoms with Gasteiger partial charge in [-0.25, -0.2) is 8.42 Å². The Hall–Kier alpha value is -1.44. The van der Waals surface area contributed by atoms with Crippen LogP contribution in [-0.4, -0.2) is 24.3 Å². The Bertz CT molecular complexity index is 720. The topological polar surface area (TPSA) is 76.3 Å². The summed E-state index contributed by atoms with van der Waals surface area (Å²) >= 11 is 3.27.